The van der Waals surface area contributed by atoms with E-state index >= 15 is 0 Å². The van der Waals surface area contributed by atoms with Crippen LogP contribution in [-0.2, 0) is 13.1 Å². The largest absolute Gasteiger partial charge is 0.322 e. The van der Waals surface area contributed by atoms with E-state index in [1.165, 1.54) is 0 Å². The number of amides is 2. The maximum absolute atomic E-state index is 12.4. The molecular formula is C14H16ClN5O. The number of aromatic nitrogens is 3. The maximum Gasteiger partial charge on any atom is 0.322 e. The number of urea groups is 1. The molecule has 0 saturated carbocycles. The normalized spacial score (nSPS) is 14.0. The first-order valence-corrected chi connectivity index (χ1v) is 7.12. The SMILES string of the molecule is Cc1cc(C)c(NC(=O)N2CCn3cnnc3C2)c(Cl)c1. The third-order valence-electron chi connectivity index (χ3n) is 3.59. The summed E-state index contributed by atoms with van der Waals surface area (Å²) in [5.41, 5.74) is 2.69. The molecule has 1 aromatic heterocycles. The fourth-order valence-electron chi connectivity index (χ4n) is 2.50. The van der Waals surface area contributed by atoms with E-state index in [9.17, 15) is 4.79 Å². The summed E-state index contributed by atoms with van der Waals surface area (Å²) in [6.07, 6.45) is 1.69. The standard InChI is InChI=1S/C14H16ClN5O/c1-9-5-10(2)13(11(15)6-9)17-14(21)19-3-4-20-8-16-18-12(20)7-19/h5-6,8H,3-4,7H2,1-2H3,(H,17,21). The number of aryl methyl sites for hydroxylation is 2. The molecule has 1 aliphatic rings. The van der Waals surface area contributed by atoms with Crippen molar-refractivity contribution in [2.45, 2.75) is 26.9 Å². The van der Waals surface area contributed by atoms with Gasteiger partial charge >= 0.3 is 6.03 Å². The number of nitrogens with one attached hydrogen (secondary N) is 1. The minimum Gasteiger partial charge on any atom is -0.315 e. The predicted octanol–water partition coefficient (Wildman–Crippen LogP) is 2.60. The lowest BCUT2D eigenvalue weighted by Crippen LogP contribution is -2.40. The lowest BCUT2D eigenvalue weighted by Gasteiger charge is -2.27. The Morgan fingerprint density at radius 3 is 2.90 bits per heavy atom. The highest BCUT2D eigenvalue weighted by atomic mass is 35.5. The molecule has 0 radical (unpaired) electrons. The average Bonchev–Trinajstić information content (AvgIpc) is 2.89. The van der Waals surface area contributed by atoms with Crippen molar-refractivity contribution in [2.24, 2.45) is 0 Å². The number of nitrogens with zero attached hydrogens (tertiary/aromatic N) is 4. The number of hydrogen-bond acceptors (Lipinski definition) is 3. The third-order valence-corrected chi connectivity index (χ3v) is 3.89. The summed E-state index contributed by atoms with van der Waals surface area (Å²) in [6.45, 7) is 5.69. The smallest absolute Gasteiger partial charge is 0.315 e. The first kappa shape index (κ1) is 13.9. The van der Waals surface area contributed by atoms with Crippen LogP contribution in [0.15, 0.2) is 18.5 Å². The second-order valence-corrected chi connectivity index (χ2v) is 5.64. The van der Waals surface area contributed by atoms with Gasteiger partial charge in [0.05, 0.1) is 17.3 Å². The number of carbonyl (C=O) groups excluding carboxylic acids is 1. The van der Waals surface area contributed by atoms with Crippen molar-refractivity contribution < 1.29 is 4.79 Å². The second kappa shape index (κ2) is 5.37. The molecule has 1 aliphatic heterocycles. The lowest BCUT2D eigenvalue weighted by molar-refractivity contribution is 0.195. The van der Waals surface area contributed by atoms with Crippen molar-refractivity contribution in [3.05, 3.63) is 40.4 Å². The van der Waals surface area contributed by atoms with Gasteiger partial charge in [0.25, 0.3) is 0 Å². The van der Waals surface area contributed by atoms with Gasteiger partial charge in [-0.05, 0) is 31.0 Å². The fourth-order valence-corrected chi connectivity index (χ4v) is 2.87. The van der Waals surface area contributed by atoms with E-state index in [2.05, 4.69) is 15.5 Å². The summed E-state index contributed by atoms with van der Waals surface area (Å²) in [7, 11) is 0. The van der Waals surface area contributed by atoms with Crippen molar-refractivity contribution in [3.63, 3.8) is 0 Å². The number of halogens is 1. The molecule has 1 N–H and O–H groups in total. The zero-order valence-corrected chi connectivity index (χ0v) is 12.7. The molecule has 1 aromatic carbocycles. The van der Waals surface area contributed by atoms with Crippen LogP contribution in [0.25, 0.3) is 0 Å². The van der Waals surface area contributed by atoms with Crippen molar-refractivity contribution in [3.8, 4) is 0 Å². The fraction of sp³-hybridized carbons (Fsp3) is 0.357. The van der Waals surface area contributed by atoms with Gasteiger partial charge in [-0.3, -0.25) is 0 Å². The molecule has 2 aromatic rings. The number of rotatable bonds is 1. The third kappa shape index (κ3) is 2.71. The molecule has 0 spiro atoms. The Hall–Kier alpha value is -2.08. The average molecular weight is 306 g/mol. The first-order valence-electron chi connectivity index (χ1n) is 6.74. The number of fused-ring (bicyclic) bond motifs is 1. The number of benzene rings is 1. The molecule has 0 saturated heterocycles. The van der Waals surface area contributed by atoms with Crippen molar-refractivity contribution in [1.29, 1.82) is 0 Å². The van der Waals surface area contributed by atoms with E-state index in [0.717, 1.165) is 17.0 Å². The molecule has 0 fully saturated rings. The summed E-state index contributed by atoms with van der Waals surface area (Å²) in [5.74, 6) is 0.795. The van der Waals surface area contributed by atoms with Gasteiger partial charge in [-0.1, -0.05) is 17.7 Å². The zero-order chi connectivity index (χ0) is 15.0. The zero-order valence-electron chi connectivity index (χ0n) is 11.9. The number of anilines is 1. The highest BCUT2D eigenvalue weighted by molar-refractivity contribution is 6.34. The van der Waals surface area contributed by atoms with Crippen LogP contribution in [0, 0.1) is 13.8 Å². The van der Waals surface area contributed by atoms with E-state index in [1.807, 2.05) is 30.5 Å². The second-order valence-electron chi connectivity index (χ2n) is 5.23. The van der Waals surface area contributed by atoms with Crippen LogP contribution in [0.5, 0.6) is 0 Å². The summed E-state index contributed by atoms with van der Waals surface area (Å²) in [4.78, 5) is 14.1. The van der Waals surface area contributed by atoms with Gasteiger partial charge in [0.1, 0.15) is 6.33 Å². The summed E-state index contributed by atoms with van der Waals surface area (Å²) in [5, 5.41) is 11.3. The van der Waals surface area contributed by atoms with E-state index < -0.39 is 0 Å². The van der Waals surface area contributed by atoms with E-state index in [4.69, 9.17) is 11.6 Å². The molecule has 2 amide bonds. The van der Waals surface area contributed by atoms with Gasteiger partial charge in [-0.15, -0.1) is 10.2 Å². The predicted molar refractivity (Wildman–Crippen MR) is 80.4 cm³/mol. The van der Waals surface area contributed by atoms with E-state index in [-0.39, 0.29) is 6.03 Å². The Morgan fingerprint density at radius 1 is 1.33 bits per heavy atom. The van der Waals surface area contributed by atoms with Crippen LogP contribution < -0.4 is 5.32 Å². The Kier molecular flexibility index (Phi) is 3.55. The molecule has 6 nitrogen and oxygen atoms in total. The molecular weight excluding hydrogens is 290 g/mol. The number of hydrogen-bond donors (Lipinski definition) is 1. The first-order chi connectivity index (χ1) is 10.0. The molecule has 0 aliphatic carbocycles. The molecule has 3 rings (SSSR count). The Morgan fingerprint density at radius 2 is 2.14 bits per heavy atom. The van der Waals surface area contributed by atoms with Crippen LogP contribution in [0.2, 0.25) is 5.02 Å². The van der Waals surface area contributed by atoms with Crippen molar-refractivity contribution in [2.75, 3.05) is 11.9 Å². The highest BCUT2D eigenvalue weighted by Gasteiger charge is 2.22. The quantitative estimate of drug-likeness (QED) is 0.881. The van der Waals surface area contributed by atoms with Crippen molar-refractivity contribution >= 4 is 23.3 Å². The van der Waals surface area contributed by atoms with Gasteiger partial charge in [0.2, 0.25) is 0 Å². The number of carbonyl (C=O) groups is 1. The van der Waals surface area contributed by atoms with Crippen molar-refractivity contribution in [1.82, 2.24) is 19.7 Å². The van der Waals surface area contributed by atoms with Crippen LogP contribution in [0.4, 0.5) is 10.5 Å². The molecule has 21 heavy (non-hydrogen) atoms. The maximum atomic E-state index is 12.4. The molecule has 110 valence electrons. The topological polar surface area (TPSA) is 63.1 Å². The minimum atomic E-state index is -0.168. The Labute approximate surface area is 127 Å². The monoisotopic (exact) mass is 305 g/mol. The van der Waals surface area contributed by atoms with Gasteiger partial charge in [-0.2, -0.15) is 0 Å². The van der Waals surface area contributed by atoms with Gasteiger partial charge in [-0.25, -0.2) is 4.79 Å². The Balaban J connectivity index is 1.76. The van der Waals surface area contributed by atoms with Gasteiger partial charge < -0.3 is 14.8 Å². The summed E-state index contributed by atoms with van der Waals surface area (Å²) >= 11 is 6.22. The lowest BCUT2D eigenvalue weighted by atomic mass is 10.1. The molecule has 2 heterocycles. The van der Waals surface area contributed by atoms with Crippen LogP contribution in [-0.4, -0.2) is 32.2 Å². The minimum absolute atomic E-state index is 0.168. The van der Waals surface area contributed by atoms with Crippen LogP contribution in [0.1, 0.15) is 17.0 Å². The molecule has 0 bridgehead atoms. The highest BCUT2D eigenvalue weighted by Crippen LogP contribution is 2.27. The van der Waals surface area contributed by atoms with E-state index in [1.54, 1.807) is 11.2 Å². The molecule has 0 unspecified atom stereocenters. The van der Waals surface area contributed by atoms with Crippen LogP contribution >= 0.6 is 11.6 Å². The van der Waals surface area contributed by atoms with Gasteiger partial charge in [0.15, 0.2) is 5.82 Å². The summed E-state index contributed by atoms with van der Waals surface area (Å²) in [6, 6.07) is 3.67. The van der Waals surface area contributed by atoms with Crippen LogP contribution in [0.3, 0.4) is 0 Å². The summed E-state index contributed by atoms with van der Waals surface area (Å²) < 4.78 is 1.95. The Bertz CT molecular complexity index is 673. The molecule has 0 atom stereocenters. The van der Waals surface area contributed by atoms with Gasteiger partial charge in [0, 0.05) is 13.1 Å². The molecule has 7 heteroatoms. The van der Waals surface area contributed by atoms with E-state index in [0.29, 0.717) is 30.3 Å².